The SMILES string of the molecule is O=S(=O)(Nc1ccccc1I)c1cnc[nH]1. The van der Waals surface area contributed by atoms with Crippen LogP contribution in [0, 0.1) is 3.57 Å². The van der Waals surface area contributed by atoms with Gasteiger partial charge in [-0.2, -0.15) is 8.42 Å². The average Bonchev–Trinajstić information content (AvgIpc) is 2.75. The standard InChI is InChI=1S/C9H8IN3O2S/c10-7-3-1-2-4-8(7)13-16(14,15)9-5-11-6-12-9/h1-6,13H,(H,11,12). The van der Waals surface area contributed by atoms with Gasteiger partial charge in [0.2, 0.25) is 0 Å². The fourth-order valence-corrected chi connectivity index (χ4v) is 2.82. The number of hydrogen-bond acceptors (Lipinski definition) is 3. The second-order valence-corrected chi connectivity index (χ2v) is 5.81. The highest BCUT2D eigenvalue weighted by atomic mass is 127. The minimum atomic E-state index is -3.57. The number of aromatic nitrogens is 2. The van der Waals surface area contributed by atoms with E-state index >= 15 is 0 Å². The van der Waals surface area contributed by atoms with Crippen LogP contribution in [-0.4, -0.2) is 18.4 Å². The van der Waals surface area contributed by atoms with E-state index in [1.54, 1.807) is 12.1 Å². The van der Waals surface area contributed by atoms with Gasteiger partial charge in [0.25, 0.3) is 10.0 Å². The van der Waals surface area contributed by atoms with Crippen LogP contribution in [0.3, 0.4) is 0 Å². The summed E-state index contributed by atoms with van der Waals surface area (Å²) in [6.45, 7) is 0. The molecular weight excluding hydrogens is 341 g/mol. The molecule has 0 bridgehead atoms. The minimum Gasteiger partial charge on any atom is -0.334 e. The molecule has 1 aromatic heterocycles. The van der Waals surface area contributed by atoms with Crippen LogP contribution in [-0.2, 0) is 10.0 Å². The van der Waals surface area contributed by atoms with Crippen molar-refractivity contribution in [3.05, 3.63) is 40.4 Å². The van der Waals surface area contributed by atoms with Crippen molar-refractivity contribution in [3.63, 3.8) is 0 Å². The van der Waals surface area contributed by atoms with E-state index in [0.29, 0.717) is 5.69 Å². The van der Waals surface area contributed by atoms with Crippen LogP contribution in [0.1, 0.15) is 0 Å². The second kappa shape index (κ2) is 4.42. The molecule has 0 unspecified atom stereocenters. The van der Waals surface area contributed by atoms with E-state index < -0.39 is 10.0 Å². The summed E-state index contributed by atoms with van der Waals surface area (Å²) in [7, 11) is -3.57. The van der Waals surface area contributed by atoms with E-state index in [1.807, 2.05) is 12.1 Å². The first-order valence-electron chi connectivity index (χ1n) is 4.35. The van der Waals surface area contributed by atoms with Crippen molar-refractivity contribution in [2.45, 2.75) is 5.03 Å². The third-order valence-corrected chi connectivity index (χ3v) is 4.11. The Bertz CT molecular complexity index is 581. The number of hydrogen-bond donors (Lipinski definition) is 2. The Balaban J connectivity index is 2.33. The predicted octanol–water partition coefficient (Wildman–Crippen LogP) is 1.82. The number of para-hydroxylation sites is 1. The molecule has 0 saturated carbocycles. The molecule has 0 atom stereocenters. The molecule has 1 heterocycles. The molecule has 0 amide bonds. The van der Waals surface area contributed by atoms with Gasteiger partial charge in [0.05, 0.1) is 18.2 Å². The summed E-state index contributed by atoms with van der Waals surface area (Å²) in [6, 6.07) is 7.14. The number of anilines is 1. The maximum absolute atomic E-state index is 11.8. The number of imidazole rings is 1. The van der Waals surface area contributed by atoms with Gasteiger partial charge in [-0.1, -0.05) is 12.1 Å². The molecule has 2 N–H and O–H groups in total. The number of rotatable bonds is 3. The Morgan fingerprint density at radius 2 is 2.06 bits per heavy atom. The van der Waals surface area contributed by atoms with Crippen molar-refractivity contribution in [1.29, 1.82) is 0 Å². The predicted molar refractivity (Wildman–Crippen MR) is 68.6 cm³/mol. The molecule has 0 aliphatic carbocycles. The van der Waals surface area contributed by atoms with Crippen LogP contribution in [0.4, 0.5) is 5.69 Å². The molecular formula is C9H8IN3O2S. The van der Waals surface area contributed by atoms with Crippen molar-refractivity contribution in [2.24, 2.45) is 0 Å². The van der Waals surface area contributed by atoms with E-state index in [4.69, 9.17) is 0 Å². The van der Waals surface area contributed by atoms with Gasteiger partial charge in [-0.25, -0.2) is 4.98 Å². The Labute approximate surface area is 106 Å². The van der Waals surface area contributed by atoms with Crippen LogP contribution < -0.4 is 4.72 Å². The number of aromatic amines is 1. The molecule has 0 fully saturated rings. The molecule has 0 saturated heterocycles. The smallest absolute Gasteiger partial charge is 0.279 e. The van der Waals surface area contributed by atoms with Crippen LogP contribution >= 0.6 is 22.6 Å². The fraction of sp³-hybridized carbons (Fsp3) is 0. The summed E-state index contributed by atoms with van der Waals surface area (Å²) in [5.41, 5.74) is 0.553. The van der Waals surface area contributed by atoms with Crippen molar-refractivity contribution in [2.75, 3.05) is 4.72 Å². The third kappa shape index (κ3) is 2.35. The largest absolute Gasteiger partial charge is 0.334 e. The fourth-order valence-electron chi connectivity index (χ4n) is 1.13. The van der Waals surface area contributed by atoms with Crippen molar-refractivity contribution in [1.82, 2.24) is 9.97 Å². The molecule has 0 aliphatic heterocycles. The molecule has 84 valence electrons. The van der Waals surface area contributed by atoms with Gasteiger partial charge < -0.3 is 4.98 Å². The summed E-state index contributed by atoms with van der Waals surface area (Å²) in [5.74, 6) is 0. The number of benzene rings is 1. The molecule has 7 heteroatoms. The molecule has 0 spiro atoms. The highest BCUT2D eigenvalue weighted by Crippen LogP contribution is 2.20. The van der Waals surface area contributed by atoms with Gasteiger partial charge in [0, 0.05) is 3.57 Å². The first-order chi connectivity index (χ1) is 7.59. The van der Waals surface area contributed by atoms with Gasteiger partial charge >= 0.3 is 0 Å². The minimum absolute atomic E-state index is 0.0483. The quantitative estimate of drug-likeness (QED) is 0.830. The number of sulfonamides is 1. The Kier molecular flexibility index (Phi) is 3.15. The number of nitrogens with one attached hydrogen (secondary N) is 2. The van der Waals surface area contributed by atoms with Crippen LogP contribution in [0.2, 0.25) is 0 Å². The number of H-pyrrole nitrogens is 1. The Morgan fingerprint density at radius 1 is 1.31 bits per heavy atom. The van der Waals surface area contributed by atoms with Gasteiger partial charge in [0.15, 0.2) is 5.03 Å². The van der Waals surface area contributed by atoms with E-state index in [0.717, 1.165) is 3.57 Å². The van der Waals surface area contributed by atoms with Crippen molar-refractivity contribution in [3.8, 4) is 0 Å². The van der Waals surface area contributed by atoms with Gasteiger partial charge in [-0.15, -0.1) is 0 Å². The zero-order chi connectivity index (χ0) is 11.6. The van der Waals surface area contributed by atoms with Gasteiger partial charge in [-0.05, 0) is 34.7 Å². The first kappa shape index (κ1) is 11.4. The third-order valence-electron chi connectivity index (χ3n) is 1.88. The molecule has 2 rings (SSSR count). The molecule has 0 aliphatic rings. The summed E-state index contributed by atoms with van der Waals surface area (Å²) in [5, 5.41) is 0.0483. The molecule has 5 nitrogen and oxygen atoms in total. The van der Waals surface area contributed by atoms with E-state index in [9.17, 15) is 8.42 Å². The lowest BCUT2D eigenvalue weighted by molar-refractivity contribution is 0.598. The number of nitrogens with zero attached hydrogens (tertiary/aromatic N) is 1. The summed E-state index contributed by atoms with van der Waals surface area (Å²) < 4.78 is 27.0. The average molecular weight is 349 g/mol. The van der Waals surface area contributed by atoms with Crippen LogP contribution in [0.5, 0.6) is 0 Å². The molecule has 16 heavy (non-hydrogen) atoms. The summed E-state index contributed by atoms with van der Waals surface area (Å²) >= 11 is 2.07. The van der Waals surface area contributed by atoms with E-state index in [-0.39, 0.29) is 5.03 Å². The molecule has 1 aromatic carbocycles. The van der Waals surface area contributed by atoms with Gasteiger partial charge in [0.1, 0.15) is 0 Å². The zero-order valence-electron chi connectivity index (χ0n) is 8.01. The highest BCUT2D eigenvalue weighted by Gasteiger charge is 2.16. The lowest BCUT2D eigenvalue weighted by Crippen LogP contribution is -2.14. The maximum Gasteiger partial charge on any atom is 0.279 e. The van der Waals surface area contributed by atoms with E-state index in [2.05, 4.69) is 37.3 Å². The lowest BCUT2D eigenvalue weighted by Gasteiger charge is -2.07. The van der Waals surface area contributed by atoms with Crippen molar-refractivity contribution < 1.29 is 8.42 Å². The normalized spacial score (nSPS) is 11.3. The van der Waals surface area contributed by atoms with E-state index in [1.165, 1.54) is 12.5 Å². The highest BCUT2D eigenvalue weighted by molar-refractivity contribution is 14.1. The topological polar surface area (TPSA) is 74.8 Å². The van der Waals surface area contributed by atoms with Crippen molar-refractivity contribution >= 4 is 38.3 Å². The summed E-state index contributed by atoms with van der Waals surface area (Å²) in [4.78, 5) is 6.23. The Morgan fingerprint density at radius 3 is 2.69 bits per heavy atom. The number of halogens is 1. The maximum atomic E-state index is 11.8. The zero-order valence-corrected chi connectivity index (χ0v) is 11.0. The van der Waals surface area contributed by atoms with Crippen LogP contribution in [0.15, 0.2) is 41.8 Å². The molecule has 2 aromatic rings. The monoisotopic (exact) mass is 349 g/mol. The summed E-state index contributed by atoms with van der Waals surface area (Å²) in [6.07, 6.45) is 2.59. The van der Waals surface area contributed by atoms with Crippen LogP contribution in [0.25, 0.3) is 0 Å². The second-order valence-electron chi connectivity index (χ2n) is 3.00. The molecule has 0 radical (unpaired) electrons. The van der Waals surface area contributed by atoms with Gasteiger partial charge in [-0.3, -0.25) is 4.72 Å². The lowest BCUT2D eigenvalue weighted by atomic mass is 10.3. The first-order valence-corrected chi connectivity index (χ1v) is 6.91. The Hall–Kier alpha value is -1.09.